The van der Waals surface area contributed by atoms with Gasteiger partial charge in [0, 0.05) is 27.9 Å². The minimum Gasteiger partial charge on any atom is -0.503 e. The molecule has 0 bridgehead atoms. The second-order valence-corrected chi connectivity index (χ2v) is 7.34. The van der Waals surface area contributed by atoms with Gasteiger partial charge in [-0.2, -0.15) is 0 Å². The number of rotatable bonds is 4. The fourth-order valence-electron chi connectivity index (χ4n) is 3.15. The van der Waals surface area contributed by atoms with E-state index < -0.39 is 29.3 Å². The molecule has 5 nitrogen and oxygen atoms in total. The number of benzene rings is 2. The Kier molecular flexibility index (Phi) is 4.70. The van der Waals surface area contributed by atoms with Gasteiger partial charge in [0.1, 0.15) is 5.82 Å². The lowest BCUT2D eigenvalue weighted by Gasteiger charge is -2.27. The average Bonchev–Trinajstić information content (AvgIpc) is 3.31. The van der Waals surface area contributed by atoms with E-state index in [0.717, 1.165) is 11.3 Å². The van der Waals surface area contributed by atoms with Gasteiger partial charge in [-0.25, -0.2) is 9.37 Å². The fraction of sp³-hybridized carbons (Fsp3) is 0.0500. The molecule has 0 saturated carbocycles. The highest BCUT2D eigenvalue weighted by atomic mass is 35.5. The Morgan fingerprint density at radius 1 is 1.18 bits per heavy atom. The van der Waals surface area contributed by atoms with E-state index in [1.807, 2.05) is 0 Å². The largest absolute Gasteiger partial charge is 0.503 e. The van der Waals surface area contributed by atoms with Gasteiger partial charge < -0.3 is 5.11 Å². The molecule has 1 N–H and O–H groups in total. The molecule has 1 aliphatic heterocycles. The van der Waals surface area contributed by atoms with Crippen LogP contribution in [0.1, 0.15) is 21.4 Å². The number of thiazole rings is 1. The van der Waals surface area contributed by atoms with Gasteiger partial charge in [-0.1, -0.05) is 29.8 Å². The summed E-state index contributed by atoms with van der Waals surface area (Å²) < 4.78 is 14.6. The quantitative estimate of drug-likeness (QED) is 0.627. The average molecular weight is 415 g/mol. The number of carbonyl (C=O) groups excluding carboxylic acids is 2. The van der Waals surface area contributed by atoms with Gasteiger partial charge in [-0.05, 0) is 30.3 Å². The maximum atomic E-state index is 14.6. The molecule has 8 heteroatoms. The number of ketones is 1. The summed E-state index contributed by atoms with van der Waals surface area (Å²) in [5.41, 5.74) is 0.255. The number of anilines is 1. The number of hydrogen-bond donors (Lipinski definition) is 1. The molecule has 1 unspecified atom stereocenters. The molecule has 0 radical (unpaired) electrons. The van der Waals surface area contributed by atoms with E-state index in [0.29, 0.717) is 10.7 Å². The van der Waals surface area contributed by atoms with Crippen LogP contribution in [-0.4, -0.2) is 21.8 Å². The molecule has 1 atom stereocenters. The first-order chi connectivity index (χ1) is 13.5. The second kappa shape index (κ2) is 7.18. The summed E-state index contributed by atoms with van der Waals surface area (Å²) in [6, 6.07) is 11.0. The van der Waals surface area contributed by atoms with Gasteiger partial charge in [-0.3, -0.25) is 14.5 Å². The van der Waals surface area contributed by atoms with Crippen molar-refractivity contribution < 1.29 is 19.1 Å². The highest BCUT2D eigenvalue weighted by molar-refractivity contribution is 7.11. The summed E-state index contributed by atoms with van der Waals surface area (Å²) >= 11 is 7.00. The molecule has 1 aromatic heterocycles. The van der Waals surface area contributed by atoms with E-state index >= 15 is 0 Å². The van der Waals surface area contributed by atoms with Crippen molar-refractivity contribution in [2.24, 2.45) is 0 Å². The van der Waals surface area contributed by atoms with Gasteiger partial charge >= 0.3 is 0 Å². The SMILES string of the molecule is O=C(C1=C(O)C(=O)N(c2ccc(Cl)cc2)C1c1ccccc1F)c1nccs1. The Hall–Kier alpha value is -3.03. The lowest BCUT2D eigenvalue weighted by atomic mass is 9.95. The lowest BCUT2D eigenvalue weighted by Crippen LogP contribution is -2.31. The molecule has 1 aliphatic rings. The molecule has 0 spiro atoms. The number of aliphatic hydroxyl groups is 1. The number of nitrogens with zero attached hydrogens (tertiary/aromatic N) is 2. The zero-order valence-electron chi connectivity index (χ0n) is 14.2. The molecule has 2 aromatic carbocycles. The van der Waals surface area contributed by atoms with Gasteiger partial charge in [0.2, 0.25) is 5.78 Å². The Labute approximate surface area is 168 Å². The molecular weight excluding hydrogens is 403 g/mol. The van der Waals surface area contributed by atoms with Crippen molar-refractivity contribution in [3.05, 3.63) is 92.9 Å². The van der Waals surface area contributed by atoms with Crippen molar-refractivity contribution in [3.8, 4) is 0 Å². The Morgan fingerprint density at radius 2 is 1.89 bits per heavy atom. The first-order valence-corrected chi connectivity index (χ1v) is 9.45. The third-order valence-electron chi connectivity index (χ3n) is 4.38. The van der Waals surface area contributed by atoms with Gasteiger partial charge in [0.25, 0.3) is 5.91 Å². The maximum absolute atomic E-state index is 14.6. The van der Waals surface area contributed by atoms with Crippen LogP contribution in [0.5, 0.6) is 0 Å². The van der Waals surface area contributed by atoms with Crippen molar-refractivity contribution in [1.29, 1.82) is 0 Å². The number of hydrogen-bond acceptors (Lipinski definition) is 5. The standard InChI is InChI=1S/C20H12ClFN2O3S/c21-11-5-7-12(8-6-11)24-16(13-3-1-2-4-14(13)22)15(18(26)20(24)27)17(25)19-23-9-10-28-19/h1-10,16,26H. The van der Waals surface area contributed by atoms with Gasteiger partial charge in [0.15, 0.2) is 10.8 Å². The summed E-state index contributed by atoms with van der Waals surface area (Å²) in [5.74, 6) is -2.73. The molecule has 4 rings (SSSR count). The summed E-state index contributed by atoms with van der Waals surface area (Å²) in [5, 5.41) is 12.7. The summed E-state index contributed by atoms with van der Waals surface area (Å²) in [7, 11) is 0. The topological polar surface area (TPSA) is 70.5 Å². The van der Waals surface area contributed by atoms with Crippen LogP contribution in [0.15, 0.2) is 71.4 Å². The minimum absolute atomic E-state index is 0.0924. The van der Waals surface area contributed by atoms with Crippen LogP contribution >= 0.6 is 22.9 Å². The number of halogens is 2. The molecule has 140 valence electrons. The second-order valence-electron chi connectivity index (χ2n) is 6.00. The summed E-state index contributed by atoms with van der Waals surface area (Å²) in [6.45, 7) is 0. The fourth-order valence-corrected chi connectivity index (χ4v) is 3.86. The Bertz CT molecular complexity index is 1100. The molecule has 0 saturated heterocycles. The van der Waals surface area contributed by atoms with Crippen LogP contribution in [0.25, 0.3) is 0 Å². The van der Waals surface area contributed by atoms with E-state index in [4.69, 9.17) is 11.6 Å². The van der Waals surface area contributed by atoms with Crippen molar-refractivity contribution in [1.82, 2.24) is 4.98 Å². The lowest BCUT2D eigenvalue weighted by molar-refractivity contribution is -0.117. The van der Waals surface area contributed by atoms with Crippen LogP contribution in [0.3, 0.4) is 0 Å². The third kappa shape index (κ3) is 2.98. The van der Waals surface area contributed by atoms with Gasteiger partial charge in [-0.15, -0.1) is 11.3 Å². The third-order valence-corrected chi connectivity index (χ3v) is 5.41. The number of aliphatic hydroxyl groups excluding tert-OH is 1. The smallest absolute Gasteiger partial charge is 0.294 e. The van der Waals surface area contributed by atoms with Crippen LogP contribution in [0, 0.1) is 5.82 Å². The van der Waals surface area contributed by atoms with E-state index in [-0.39, 0.29) is 16.1 Å². The maximum Gasteiger partial charge on any atom is 0.294 e. The molecular formula is C20H12ClFN2O3S. The highest BCUT2D eigenvalue weighted by Crippen LogP contribution is 2.42. The summed E-state index contributed by atoms with van der Waals surface area (Å²) in [6.07, 6.45) is 1.45. The van der Waals surface area contributed by atoms with Gasteiger partial charge in [0.05, 0.1) is 11.6 Å². The molecule has 1 amide bonds. The first-order valence-electron chi connectivity index (χ1n) is 8.20. The van der Waals surface area contributed by atoms with E-state index in [1.54, 1.807) is 35.7 Å². The monoisotopic (exact) mass is 414 g/mol. The molecule has 0 fully saturated rings. The van der Waals surface area contributed by atoms with Crippen molar-refractivity contribution in [2.45, 2.75) is 6.04 Å². The first kappa shape index (κ1) is 18.3. The van der Waals surface area contributed by atoms with E-state index in [1.165, 1.54) is 29.3 Å². The van der Waals surface area contributed by atoms with Crippen LogP contribution in [0.2, 0.25) is 5.02 Å². The predicted octanol–water partition coefficient (Wildman–Crippen LogP) is 4.72. The Morgan fingerprint density at radius 3 is 2.54 bits per heavy atom. The van der Waals surface area contributed by atoms with Crippen molar-refractivity contribution in [2.75, 3.05) is 4.90 Å². The number of Topliss-reactive ketones (excluding diaryl/α,β-unsaturated/α-hetero) is 1. The summed E-state index contributed by atoms with van der Waals surface area (Å²) in [4.78, 5) is 31.0. The minimum atomic E-state index is -1.13. The normalized spacial score (nSPS) is 16.7. The van der Waals surface area contributed by atoms with Crippen molar-refractivity contribution in [3.63, 3.8) is 0 Å². The highest BCUT2D eigenvalue weighted by Gasteiger charge is 2.46. The molecule has 28 heavy (non-hydrogen) atoms. The Balaban J connectivity index is 1.91. The number of carbonyl (C=O) groups is 2. The molecule has 0 aliphatic carbocycles. The zero-order valence-corrected chi connectivity index (χ0v) is 15.7. The zero-order chi connectivity index (χ0) is 19.8. The van der Waals surface area contributed by atoms with Crippen molar-refractivity contribution >= 4 is 40.3 Å². The van der Waals surface area contributed by atoms with E-state index in [2.05, 4.69) is 4.98 Å². The number of amides is 1. The number of aromatic nitrogens is 1. The van der Waals surface area contributed by atoms with Crippen LogP contribution < -0.4 is 4.90 Å². The van der Waals surface area contributed by atoms with Crippen LogP contribution in [0.4, 0.5) is 10.1 Å². The van der Waals surface area contributed by atoms with E-state index in [9.17, 15) is 19.1 Å². The molecule has 3 aromatic rings. The predicted molar refractivity (Wildman–Crippen MR) is 104 cm³/mol. The molecule has 2 heterocycles. The van der Waals surface area contributed by atoms with Crippen LogP contribution in [-0.2, 0) is 4.79 Å².